The van der Waals surface area contributed by atoms with Crippen molar-refractivity contribution < 1.29 is 9.53 Å². The van der Waals surface area contributed by atoms with Crippen LogP contribution < -0.4 is 0 Å². The van der Waals surface area contributed by atoms with E-state index in [1.165, 1.54) is 0 Å². The molecule has 0 bridgehead atoms. The van der Waals surface area contributed by atoms with Gasteiger partial charge in [-0.2, -0.15) is 0 Å². The fraction of sp³-hybridized carbons (Fsp3) is 0. The van der Waals surface area contributed by atoms with Gasteiger partial charge in [-0.1, -0.05) is 48.0 Å². The van der Waals surface area contributed by atoms with Crippen LogP contribution in [0.1, 0.15) is 21.5 Å². The molecule has 0 amide bonds. The van der Waals surface area contributed by atoms with Gasteiger partial charge in [0, 0.05) is 10.6 Å². The van der Waals surface area contributed by atoms with Gasteiger partial charge in [-0.25, -0.2) is 4.79 Å². The van der Waals surface area contributed by atoms with Crippen LogP contribution in [0.4, 0.5) is 0 Å². The molecule has 0 unspecified atom stereocenters. The van der Waals surface area contributed by atoms with E-state index in [0.29, 0.717) is 16.3 Å². The van der Waals surface area contributed by atoms with Crippen molar-refractivity contribution in [2.75, 3.05) is 0 Å². The molecule has 2 aromatic carbocycles. The monoisotopic (exact) mass is 256 g/mol. The van der Waals surface area contributed by atoms with Gasteiger partial charge in [-0.05, 0) is 23.8 Å². The van der Waals surface area contributed by atoms with Gasteiger partial charge in [0.2, 0.25) is 0 Å². The largest absolute Gasteiger partial charge is 0.422 e. The predicted octanol–water partition coefficient (Wildman–Crippen LogP) is 4.01. The summed E-state index contributed by atoms with van der Waals surface area (Å²) in [7, 11) is 0. The highest BCUT2D eigenvalue weighted by atomic mass is 35.5. The molecule has 0 radical (unpaired) electrons. The number of rotatable bonds is 1. The average Bonchev–Trinajstić information content (AvgIpc) is 2.70. The smallest absolute Gasteiger partial charge is 0.344 e. The number of carbonyl (C=O) groups excluding carboxylic acids is 1. The second-order valence-corrected chi connectivity index (χ2v) is 4.37. The fourth-order valence-corrected chi connectivity index (χ4v) is 2.12. The van der Waals surface area contributed by atoms with E-state index in [0.717, 1.165) is 11.1 Å². The van der Waals surface area contributed by atoms with Gasteiger partial charge in [0.15, 0.2) is 0 Å². The molecule has 0 fully saturated rings. The highest BCUT2D eigenvalue weighted by molar-refractivity contribution is 6.32. The topological polar surface area (TPSA) is 26.3 Å². The Morgan fingerprint density at radius 3 is 2.39 bits per heavy atom. The van der Waals surface area contributed by atoms with E-state index in [9.17, 15) is 4.79 Å². The van der Waals surface area contributed by atoms with Crippen molar-refractivity contribution >= 4 is 29.4 Å². The minimum absolute atomic E-state index is 0.316. The molecule has 1 aliphatic heterocycles. The molecule has 18 heavy (non-hydrogen) atoms. The molecule has 1 heterocycles. The van der Waals surface area contributed by atoms with Crippen LogP contribution in [0.15, 0.2) is 48.5 Å². The van der Waals surface area contributed by atoms with E-state index < -0.39 is 0 Å². The standard InChI is InChI=1S/C15H9ClO2/c16-13-8-4-1-5-10(13)9-14-11-6-2-3-7-12(11)15(17)18-14/h1-9H/b14-9-. The normalized spacial score (nSPS) is 15.6. The number of esters is 1. The summed E-state index contributed by atoms with van der Waals surface area (Å²) in [4.78, 5) is 11.7. The maximum atomic E-state index is 11.7. The first-order valence-electron chi connectivity index (χ1n) is 5.53. The summed E-state index contributed by atoms with van der Waals surface area (Å²) in [5, 5.41) is 0.630. The van der Waals surface area contributed by atoms with E-state index >= 15 is 0 Å². The van der Waals surface area contributed by atoms with E-state index in [1.807, 2.05) is 36.4 Å². The van der Waals surface area contributed by atoms with Gasteiger partial charge >= 0.3 is 5.97 Å². The summed E-state index contributed by atoms with van der Waals surface area (Å²) >= 11 is 6.08. The molecular weight excluding hydrogens is 248 g/mol. The zero-order chi connectivity index (χ0) is 12.5. The maximum absolute atomic E-state index is 11.7. The molecule has 2 nitrogen and oxygen atoms in total. The first-order chi connectivity index (χ1) is 8.75. The number of cyclic esters (lactones) is 1. The second kappa shape index (κ2) is 4.31. The zero-order valence-electron chi connectivity index (χ0n) is 9.39. The summed E-state index contributed by atoms with van der Waals surface area (Å²) in [6.45, 7) is 0. The van der Waals surface area contributed by atoms with E-state index in [1.54, 1.807) is 18.2 Å². The minimum Gasteiger partial charge on any atom is -0.422 e. The second-order valence-electron chi connectivity index (χ2n) is 3.97. The highest BCUT2D eigenvalue weighted by Gasteiger charge is 2.25. The number of halogens is 1. The maximum Gasteiger partial charge on any atom is 0.344 e. The lowest BCUT2D eigenvalue weighted by atomic mass is 10.1. The summed E-state index contributed by atoms with van der Waals surface area (Å²) < 4.78 is 5.25. The van der Waals surface area contributed by atoms with Crippen molar-refractivity contribution in [2.24, 2.45) is 0 Å². The van der Waals surface area contributed by atoms with Crippen LogP contribution in [0.5, 0.6) is 0 Å². The SMILES string of the molecule is O=C1O/C(=C\c2ccccc2Cl)c2ccccc21. The third-order valence-corrected chi connectivity index (χ3v) is 3.15. The lowest BCUT2D eigenvalue weighted by Crippen LogP contribution is -1.92. The van der Waals surface area contributed by atoms with Crippen LogP contribution in [-0.2, 0) is 4.74 Å². The quantitative estimate of drug-likeness (QED) is 0.721. The summed E-state index contributed by atoms with van der Waals surface area (Å²) in [6, 6.07) is 14.7. The Morgan fingerprint density at radius 1 is 0.944 bits per heavy atom. The Kier molecular flexibility index (Phi) is 2.65. The Balaban J connectivity index is 2.11. The molecule has 0 aliphatic carbocycles. The van der Waals surface area contributed by atoms with E-state index in [-0.39, 0.29) is 5.97 Å². The highest BCUT2D eigenvalue weighted by Crippen LogP contribution is 2.32. The van der Waals surface area contributed by atoms with Gasteiger partial charge in [-0.15, -0.1) is 0 Å². The van der Waals surface area contributed by atoms with Crippen LogP contribution >= 0.6 is 11.6 Å². The van der Waals surface area contributed by atoms with Crippen molar-refractivity contribution in [1.82, 2.24) is 0 Å². The predicted molar refractivity (Wildman–Crippen MR) is 71.2 cm³/mol. The van der Waals surface area contributed by atoms with Crippen LogP contribution in [0, 0.1) is 0 Å². The third-order valence-electron chi connectivity index (χ3n) is 2.81. The summed E-state index contributed by atoms with van der Waals surface area (Å²) in [5.41, 5.74) is 2.23. The molecule has 0 atom stereocenters. The Morgan fingerprint density at radius 2 is 1.61 bits per heavy atom. The first kappa shape index (κ1) is 11.1. The molecule has 88 valence electrons. The molecule has 1 aliphatic rings. The Labute approximate surface area is 109 Å². The number of hydrogen-bond acceptors (Lipinski definition) is 2. The van der Waals surface area contributed by atoms with Crippen molar-refractivity contribution in [3.05, 3.63) is 70.2 Å². The molecule has 0 aromatic heterocycles. The van der Waals surface area contributed by atoms with Gasteiger partial charge in [-0.3, -0.25) is 0 Å². The summed E-state index contributed by atoms with van der Waals surface area (Å²) in [5.74, 6) is 0.229. The van der Waals surface area contributed by atoms with Crippen LogP contribution in [0.25, 0.3) is 11.8 Å². The molecule has 0 saturated heterocycles. The Bertz CT molecular complexity index is 659. The van der Waals surface area contributed by atoms with Crippen molar-refractivity contribution in [3.8, 4) is 0 Å². The fourth-order valence-electron chi connectivity index (χ4n) is 1.93. The van der Waals surface area contributed by atoms with Crippen LogP contribution in [-0.4, -0.2) is 5.97 Å². The number of carbonyl (C=O) groups is 1. The van der Waals surface area contributed by atoms with Crippen molar-refractivity contribution in [1.29, 1.82) is 0 Å². The summed E-state index contributed by atoms with van der Waals surface area (Å²) in [6.07, 6.45) is 1.78. The molecule has 3 rings (SSSR count). The average molecular weight is 257 g/mol. The molecule has 0 spiro atoms. The van der Waals surface area contributed by atoms with E-state index in [2.05, 4.69) is 0 Å². The molecule has 0 N–H and O–H groups in total. The molecular formula is C15H9ClO2. The molecule has 3 heteroatoms. The number of fused-ring (bicyclic) bond motifs is 1. The Hall–Kier alpha value is -2.06. The third kappa shape index (κ3) is 1.81. The van der Waals surface area contributed by atoms with Crippen LogP contribution in [0.3, 0.4) is 0 Å². The lowest BCUT2D eigenvalue weighted by molar-refractivity contribution is 0.0717. The first-order valence-corrected chi connectivity index (χ1v) is 5.91. The minimum atomic E-state index is -0.316. The van der Waals surface area contributed by atoms with Crippen LogP contribution in [0.2, 0.25) is 5.02 Å². The lowest BCUT2D eigenvalue weighted by Gasteiger charge is -2.00. The van der Waals surface area contributed by atoms with Crippen molar-refractivity contribution in [3.63, 3.8) is 0 Å². The number of hydrogen-bond donors (Lipinski definition) is 0. The van der Waals surface area contributed by atoms with Gasteiger partial charge in [0.05, 0.1) is 5.56 Å². The zero-order valence-corrected chi connectivity index (χ0v) is 10.1. The molecule has 0 saturated carbocycles. The van der Waals surface area contributed by atoms with Crippen molar-refractivity contribution in [2.45, 2.75) is 0 Å². The van der Waals surface area contributed by atoms with Gasteiger partial charge < -0.3 is 4.74 Å². The van der Waals surface area contributed by atoms with Gasteiger partial charge in [0.1, 0.15) is 5.76 Å². The van der Waals surface area contributed by atoms with E-state index in [4.69, 9.17) is 16.3 Å². The molecule has 2 aromatic rings. The number of benzene rings is 2. The number of ether oxygens (including phenoxy) is 1. The van der Waals surface area contributed by atoms with Gasteiger partial charge in [0.25, 0.3) is 0 Å².